The van der Waals surface area contributed by atoms with Crippen molar-refractivity contribution in [3.63, 3.8) is 0 Å². The molecule has 1 aliphatic rings. The van der Waals surface area contributed by atoms with Gasteiger partial charge in [-0.15, -0.1) is 0 Å². The molecule has 0 spiro atoms. The summed E-state index contributed by atoms with van der Waals surface area (Å²) in [4.78, 5) is 28.5. The molecule has 1 fully saturated rings. The Kier molecular flexibility index (Phi) is 4.97. The Labute approximate surface area is 155 Å². The zero-order valence-electron chi connectivity index (χ0n) is 13.5. The molecule has 0 atom stereocenters. The van der Waals surface area contributed by atoms with Crippen LogP contribution in [0.25, 0.3) is 0 Å². The number of rotatable bonds is 5. The lowest BCUT2D eigenvalue weighted by atomic mass is 9.96. The Morgan fingerprint density at radius 1 is 1.20 bits per heavy atom. The van der Waals surface area contributed by atoms with Crippen molar-refractivity contribution < 1.29 is 14.3 Å². The standard InChI is InChI=1S/C18H16Cl2N2O3/c1-11-13(19)9-14(20)16(21-11)22-15(23)10-25-17(24)18(7-8-18)12-5-3-2-4-6-12/h2-6,9H,7-8,10H2,1H3,(H,21,22,23). The van der Waals surface area contributed by atoms with Crippen LogP contribution < -0.4 is 5.32 Å². The molecule has 0 radical (unpaired) electrons. The fourth-order valence-corrected chi connectivity index (χ4v) is 2.98. The molecule has 0 aliphatic heterocycles. The summed E-state index contributed by atoms with van der Waals surface area (Å²) in [6.07, 6.45) is 1.45. The molecule has 3 rings (SSSR count). The zero-order valence-corrected chi connectivity index (χ0v) is 15.0. The quantitative estimate of drug-likeness (QED) is 0.800. The molecular weight excluding hydrogens is 363 g/mol. The molecule has 0 bridgehead atoms. The molecular formula is C18H16Cl2N2O3. The van der Waals surface area contributed by atoms with E-state index in [1.165, 1.54) is 6.07 Å². The van der Waals surface area contributed by atoms with Gasteiger partial charge in [0.05, 0.1) is 21.2 Å². The van der Waals surface area contributed by atoms with Crippen LogP contribution in [-0.2, 0) is 19.7 Å². The number of hydrogen-bond donors (Lipinski definition) is 1. The van der Waals surface area contributed by atoms with E-state index in [0.29, 0.717) is 10.7 Å². The zero-order chi connectivity index (χ0) is 18.0. The topological polar surface area (TPSA) is 68.3 Å². The fourth-order valence-electron chi connectivity index (χ4n) is 2.58. The highest BCUT2D eigenvalue weighted by Gasteiger charge is 2.52. The number of pyridine rings is 1. The summed E-state index contributed by atoms with van der Waals surface area (Å²) in [5.41, 5.74) is 0.840. The minimum absolute atomic E-state index is 0.189. The number of carbonyl (C=O) groups is 2. The summed E-state index contributed by atoms with van der Waals surface area (Å²) in [7, 11) is 0. The van der Waals surface area contributed by atoms with Crippen LogP contribution in [0.2, 0.25) is 10.0 Å². The number of halogens is 2. The van der Waals surface area contributed by atoms with Crippen LogP contribution in [0, 0.1) is 6.92 Å². The van der Waals surface area contributed by atoms with Crippen molar-refractivity contribution >= 4 is 40.9 Å². The van der Waals surface area contributed by atoms with Gasteiger partial charge in [-0.2, -0.15) is 0 Å². The van der Waals surface area contributed by atoms with E-state index < -0.39 is 17.9 Å². The van der Waals surface area contributed by atoms with Crippen molar-refractivity contribution in [1.82, 2.24) is 4.98 Å². The Morgan fingerprint density at radius 2 is 1.88 bits per heavy atom. The van der Waals surface area contributed by atoms with Gasteiger partial charge in [-0.1, -0.05) is 53.5 Å². The van der Waals surface area contributed by atoms with Gasteiger partial charge < -0.3 is 10.1 Å². The number of aromatic nitrogens is 1. The van der Waals surface area contributed by atoms with E-state index in [2.05, 4.69) is 10.3 Å². The van der Waals surface area contributed by atoms with Gasteiger partial charge in [-0.25, -0.2) is 4.98 Å². The SMILES string of the molecule is Cc1nc(NC(=O)COC(=O)C2(c3ccccc3)CC2)c(Cl)cc1Cl. The summed E-state index contributed by atoms with van der Waals surface area (Å²) in [5, 5.41) is 3.16. The molecule has 1 N–H and O–H groups in total. The number of carbonyl (C=O) groups excluding carboxylic acids is 2. The molecule has 1 amide bonds. The van der Waals surface area contributed by atoms with Crippen LogP contribution >= 0.6 is 23.2 Å². The molecule has 1 aromatic carbocycles. The van der Waals surface area contributed by atoms with Crippen molar-refractivity contribution in [2.24, 2.45) is 0 Å². The molecule has 1 saturated carbocycles. The smallest absolute Gasteiger partial charge is 0.317 e. The van der Waals surface area contributed by atoms with Gasteiger partial charge in [-0.3, -0.25) is 9.59 Å². The highest BCUT2D eigenvalue weighted by atomic mass is 35.5. The second kappa shape index (κ2) is 7.02. The number of anilines is 1. The molecule has 0 saturated heterocycles. The largest absolute Gasteiger partial charge is 0.455 e. The van der Waals surface area contributed by atoms with Crippen molar-refractivity contribution in [1.29, 1.82) is 0 Å². The minimum atomic E-state index is -0.617. The normalized spacial score (nSPS) is 14.7. The van der Waals surface area contributed by atoms with Crippen molar-refractivity contribution in [2.75, 3.05) is 11.9 Å². The lowest BCUT2D eigenvalue weighted by Crippen LogP contribution is -2.28. The molecule has 1 aliphatic carbocycles. The third-order valence-corrected chi connectivity index (χ3v) is 4.83. The summed E-state index contributed by atoms with van der Waals surface area (Å²) in [5.74, 6) is -0.706. The predicted molar refractivity (Wildman–Crippen MR) is 95.9 cm³/mol. The third kappa shape index (κ3) is 3.78. The highest BCUT2D eigenvalue weighted by Crippen LogP contribution is 2.49. The van der Waals surface area contributed by atoms with E-state index in [4.69, 9.17) is 27.9 Å². The number of ether oxygens (including phenoxy) is 1. The van der Waals surface area contributed by atoms with Crippen molar-refractivity contribution in [3.8, 4) is 0 Å². The van der Waals surface area contributed by atoms with Crippen LogP contribution in [-0.4, -0.2) is 23.5 Å². The number of benzene rings is 1. The average Bonchev–Trinajstić information content (AvgIpc) is 3.40. The van der Waals surface area contributed by atoms with Gasteiger partial charge in [0.25, 0.3) is 5.91 Å². The van der Waals surface area contributed by atoms with Gasteiger partial charge in [0.1, 0.15) is 0 Å². The van der Waals surface area contributed by atoms with Crippen LogP contribution in [0.3, 0.4) is 0 Å². The first-order chi connectivity index (χ1) is 11.9. The molecule has 25 heavy (non-hydrogen) atoms. The first kappa shape index (κ1) is 17.7. The van der Waals surface area contributed by atoms with Gasteiger partial charge in [0, 0.05) is 0 Å². The number of nitrogens with one attached hydrogen (secondary N) is 1. The van der Waals surface area contributed by atoms with Crippen molar-refractivity contribution in [3.05, 3.63) is 57.7 Å². The maximum Gasteiger partial charge on any atom is 0.317 e. The van der Waals surface area contributed by atoms with E-state index in [1.54, 1.807) is 6.92 Å². The molecule has 5 nitrogen and oxygen atoms in total. The fraction of sp³-hybridized carbons (Fsp3) is 0.278. The van der Waals surface area contributed by atoms with E-state index in [0.717, 1.165) is 18.4 Å². The maximum atomic E-state index is 12.4. The number of hydrogen-bond acceptors (Lipinski definition) is 4. The minimum Gasteiger partial charge on any atom is -0.455 e. The summed E-state index contributed by atoms with van der Waals surface area (Å²) >= 11 is 11.9. The second-order valence-corrected chi connectivity index (χ2v) is 6.77. The third-order valence-electron chi connectivity index (χ3n) is 4.16. The number of aryl methyl sites for hydroxylation is 1. The highest BCUT2D eigenvalue weighted by molar-refractivity contribution is 6.36. The van der Waals surface area contributed by atoms with Crippen LogP contribution in [0.15, 0.2) is 36.4 Å². The number of esters is 1. The van der Waals surface area contributed by atoms with Gasteiger partial charge in [0.15, 0.2) is 12.4 Å². The molecule has 1 aromatic heterocycles. The number of nitrogens with zero attached hydrogens (tertiary/aromatic N) is 1. The Balaban J connectivity index is 1.60. The van der Waals surface area contributed by atoms with E-state index >= 15 is 0 Å². The van der Waals surface area contributed by atoms with Gasteiger partial charge >= 0.3 is 5.97 Å². The lowest BCUT2D eigenvalue weighted by molar-refractivity contribution is -0.150. The average molecular weight is 379 g/mol. The Morgan fingerprint density at radius 3 is 2.52 bits per heavy atom. The van der Waals surface area contributed by atoms with E-state index in [1.807, 2.05) is 30.3 Å². The Bertz CT molecular complexity index is 821. The molecule has 7 heteroatoms. The van der Waals surface area contributed by atoms with Crippen LogP contribution in [0.5, 0.6) is 0 Å². The van der Waals surface area contributed by atoms with E-state index in [-0.39, 0.29) is 16.8 Å². The first-order valence-corrected chi connectivity index (χ1v) is 8.53. The van der Waals surface area contributed by atoms with Crippen molar-refractivity contribution in [2.45, 2.75) is 25.2 Å². The van der Waals surface area contributed by atoms with Gasteiger partial charge in [-0.05, 0) is 31.4 Å². The molecule has 130 valence electrons. The van der Waals surface area contributed by atoms with Crippen LogP contribution in [0.1, 0.15) is 24.1 Å². The van der Waals surface area contributed by atoms with E-state index in [9.17, 15) is 9.59 Å². The molecule has 2 aromatic rings. The van der Waals surface area contributed by atoms with Crippen LogP contribution in [0.4, 0.5) is 5.82 Å². The summed E-state index contributed by atoms with van der Waals surface area (Å²) in [6, 6.07) is 11.0. The maximum absolute atomic E-state index is 12.4. The predicted octanol–water partition coefficient (Wildman–Crippen LogP) is 3.91. The monoisotopic (exact) mass is 378 g/mol. The second-order valence-electron chi connectivity index (χ2n) is 5.96. The number of amides is 1. The summed E-state index contributed by atoms with van der Waals surface area (Å²) < 4.78 is 5.20. The summed E-state index contributed by atoms with van der Waals surface area (Å²) in [6.45, 7) is 1.30. The first-order valence-electron chi connectivity index (χ1n) is 7.77. The molecule has 1 heterocycles. The lowest BCUT2D eigenvalue weighted by Gasteiger charge is -2.15. The molecule has 0 unspecified atom stereocenters. The van der Waals surface area contributed by atoms with Gasteiger partial charge in [0.2, 0.25) is 0 Å². The Hall–Kier alpha value is -2.11.